The minimum atomic E-state index is -0.883. The summed E-state index contributed by atoms with van der Waals surface area (Å²) in [6.07, 6.45) is 1.30. The number of aromatic nitrogens is 1. The first-order chi connectivity index (χ1) is 12.4. The second-order valence-corrected chi connectivity index (χ2v) is 7.51. The molecule has 0 unspecified atom stereocenters. The summed E-state index contributed by atoms with van der Waals surface area (Å²) >= 11 is 1.42. The number of carbonyl (C=O) groups is 2. The van der Waals surface area contributed by atoms with Gasteiger partial charge in [0.2, 0.25) is 11.8 Å². The third-order valence-corrected chi connectivity index (χ3v) is 5.68. The van der Waals surface area contributed by atoms with Gasteiger partial charge >= 0.3 is 0 Å². The molecule has 1 atom stereocenters. The maximum Gasteiger partial charge on any atom is 0.240 e. The van der Waals surface area contributed by atoms with Gasteiger partial charge in [0.1, 0.15) is 0 Å². The zero-order valence-corrected chi connectivity index (χ0v) is 17.7. The first kappa shape index (κ1) is 24.2. The van der Waals surface area contributed by atoms with E-state index in [0.717, 1.165) is 18.5 Å². The molecule has 28 heavy (non-hydrogen) atoms. The van der Waals surface area contributed by atoms with Crippen LogP contribution in [0.2, 0.25) is 0 Å². The highest BCUT2D eigenvalue weighted by Gasteiger charge is 2.41. The van der Waals surface area contributed by atoms with Gasteiger partial charge in [-0.15, -0.1) is 36.2 Å². The van der Waals surface area contributed by atoms with Crippen LogP contribution >= 0.6 is 36.2 Å². The van der Waals surface area contributed by atoms with Crippen LogP contribution in [-0.4, -0.2) is 40.8 Å². The van der Waals surface area contributed by atoms with E-state index in [4.69, 9.17) is 17.2 Å². The van der Waals surface area contributed by atoms with Gasteiger partial charge in [-0.2, -0.15) is 0 Å². The molecular weight excluding hydrogens is 421 g/mol. The quantitative estimate of drug-likeness (QED) is 0.644. The van der Waals surface area contributed by atoms with Crippen molar-refractivity contribution in [1.82, 2.24) is 9.88 Å². The van der Waals surface area contributed by atoms with E-state index < -0.39 is 11.9 Å². The summed E-state index contributed by atoms with van der Waals surface area (Å²) in [5.74, 6) is -0.803. The number of primary amides is 1. The lowest BCUT2D eigenvalue weighted by Crippen LogP contribution is -2.51. The molecule has 1 aliphatic rings. The predicted octanol–water partition coefficient (Wildman–Crippen LogP) is 1.68. The Bertz CT molecular complexity index is 794. The van der Waals surface area contributed by atoms with E-state index in [1.807, 2.05) is 23.6 Å². The van der Waals surface area contributed by atoms with Crippen molar-refractivity contribution in [2.24, 2.45) is 11.5 Å². The number of rotatable bonds is 5. The van der Waals surface area contributed by atoms with Crippen molar-refractivity contribution in [3.63, 3.8) is 0 Å². The van der Waals surface area contributed by atoms with Crippen molar-refractivity contribution in [3.8, 4) is 0 Å². The molecule has 0 aliphatic carbocycles. The fourth-order valence-corrected chi connectivity index (χ4v) is 4.27. The van der Waals surface area contributed by atoms with Crippen LogP contribution in [0.3, 0.4) is 0 Å². The van der Waals surface area contributed by atoms with Crippen LogP contribution in [0.1, 0.15) is 30.5 Å². The van der Waals surface area contributed by atoms with Crippen molar-refractivity contribution in [1.29, 1.82) is 0 Å². The molecule has 1 saturated heterocycles. The van der Waals surface area contributed by atoms with Crippen LogP contribution in [0.4, 0.5) is 5.13 Å². The van der Waals surface area contributed by atoms with E-state index in [9.17, 15) is 9.59 Å². The lowest BCUT2D eigenvalue weighted by molar-refractivity contribution is -0.136. The zero-order valence-electron chi connectivity index (χ0n) is 15.2. The molecular formula is C18H25Cl2N5O2S. The molecule has 2 aromatic rings. The Morgan fingerprint density at radius 2 is 1.79 bits per heavy atom. The number of benzene rings is 1. The number of halogens is 2. The second-order valence-electron chi connectivity index (χ2n) is 6.62. The third-order valence-electron chi connectivity index (χ3n) is 5.01. The molecule has 7 nitrogen and oxygen atoms in total. The fourth-order valence-electron chi connectivity index (χ4n) is 3.60. The Morgan fingerprint density at radius 3 is 2.29 bits per heavy atom. The third kappa shape index (κ3) is 4.94. The smallest absolute Gasteiger partial charge is 0.240 e. The number of amides is 2. The lowest BCUT2D eigenvalue weighted by Gasteiger charge is -2.42. The maximum absolute atomic E-state index is 12.5. The van der Waals surface area contributed by atoms with Gasteiger partial charge in [-0.1, -0.05) is 30.3 Å². The summed E-state index contributed by atoms with van der Waals surface area (Å²) in [6.45, 7) is 1.08. The minimum absolute atomic E-state index is 0. The van der Waals surface area contributed by atoms with E-state index in [0.29, 0.717) is 18.2 Å². The molecule has 0 bridgehead atoms. The Labute approximate surface area is 180 Å². The molecule has 1 aromatic carbocycles. The summed E-state index contributed by atoms with van der Waals surface area (Å²) in [6, 6.07) is 9.29. The highest BCUT2D eigenvalue weighted by molar-refractivity contribution is 7.13. The molecule has 1 fully saturated rings. The first-order valence-electron chi connectivity index (χ1n) is 8.52. The average molecular weight is 446 g/mol. The standard InChI is InChI=1S/C18H23N5O2S.2ClH/c19-13(10-15(20)24)16(25)23-8-6-18(7-9-23,12-4-2-1-3-5-12)14-11-26-17(21)22-14;;/h1-5,11,13H,6-10,19H2,(H2,20,24)(H2,21,22);2*1H/t13-;;/m1../s1. The predicted molar refractivity (Wildman–Crippen MR) is 116 cm³/mol. The number of nitrogens with zero attached hydrogens (tertiary/aromatic N) is 2. The van der Waals surface area contributed by atoms with Gasteiger partial charge in [0, 0.05) is 23.9 Å². The van der Waals surface area contributed by atoms with Gasteiger partial charge < -0.3 is 22.1 Å². The normalized spacial score (nSPS) is 16.4. The fraction of sp³-hybridized carbons (Fsp3) is 0.389. The molecule has 2 heterocycles. The van der Waals surface area contributed by atoms with Crippen LogP contribution in [0.5, 0.6) is 0 Å². The first-order valence-corrected chi connectivity index (χ1v) is 9.40. The van der Waals surface area contributed by atoms with Crippen molar-refractivity contribution < 1.29 is 9.59 Å². The van der Waals surface area contributed by atoms with Gasteiger partial charge in [-0.3, -0.25) is 9.59 Å². The summed E-state index contributed by atoms with van der Waals surface area (Å²) < 4.78 is 0. The van der Waals surface area contributed by atoms with Crippen LogP contribution in [-0.2, 0) is 15.0 Å². The largest absolute Gasteiger partial charge is 0.375 e. The molecule has 0 saturated carbocycles. The molecule has 6 N–H and O–H groups in total. The molecule has 1 aromatic heterocycles. The van der Waals surface area contributed by atoms with Crippen molar-refractivity contribution >= 4 is 53.1 Å². The number of nitrogen functional groups attached to an aromatic ring is 1. The molecule has 1 aliphatic heterocycles. The molecule has 154 valence electrons. The number of thiazole rings is 1. The molecule has 0 radical (unpaired) electrons. The maximum atomic E-state index is 12.5. The van der Waals surface area contributed by atoms with Crippen LogP contribution in [0.25, 0.3) is 0 Å². The number of hydrogen-bond donors (Lipinski definition) is 3. The zero-order chi connectivity index (χ0) is 18.7. The molecule has 2 amide bonds. The summed E-state index contributed by atoms with van der Waals surface area (Å²) in [5.41, 5.74) is 18.7. The second kappa shape index (κ2) is 10.1. The molecule has 0 spiro atoms. The van der Waals surface area contributed by atoms with E-state index >= 15 is 0 Å². The van der Waals surface area contributed by atoms with Gasteiger partial charge in [-0.05, 0) is 18.4 Å². The number of piperidine rings is 1. The van der Waals surface area contributed by atoms with E-state index in [1.165, 1.54) is 16.9 Å². The Morgan fingerprint density at radius 1 is 1.18 bits per heavy atom. The number of carbonyl (C=O) groups excluding carboxylic acids is 2. The monoisotopic (exact) mass is 445 g/mol. The SMILES string of the molecule is Cl.Cl.NC(=O)C[C@@H](N)C(=O)N1CCC(c2ccccc2)(c2csc(N)n2)CC1. The summed E-state index contributed by atoms with van der Waals surface area (Å²) in [5, 5.41) is 2.54. The van der Waals surface area contributed by atoms with Crippen molar-refractivity contribution in [2.45, 2.75) is 30.7 Å². The van der Waals surface area contributed by atoms with Gasteiger partial charge in [-0.25, -0.2) is 4.98 Å². The molecule has 3 rings (SSSR count). The highest BCUT2D eigenvalue weighted by Crippen LogP contribution is 2.42. The van der Waals surface area contributed by atoms with Crippen LogP contribution < -0.4 is 17.2 Å². The number of likely N-dealkylation sites (tertiary alicyclic amines) is 1. The van der Waals surface area contributed by atoms with E-state index in [2.05, 4.69) is 17.1 Å². The Balaban J connectivity index is 0.00000196. The van der Waals surface area contributed by atoms with Gasteiger partial charge in [0.25, 0.3) is 0 Å². The summed E-state index contributed by atoms with van der Waals surface area (Å²) in [7, 11) is 0. The van der Waals surface area contributed by atoms with Gasteiger partial charge in [0.15, 0.2) is 5.13 Å². The van der Waals surface area contributed by atoms with Crippen LogP contribution in [0.15, 0.2) is 35.7 Å². The topological polar surface area (TPSA) is 128 Å². The average Bonchev–Trinajstić information content (AvgIpc) is 3.08. The van der Waals surface area contributed by atoms with Gasteiger partial charge in [0.05, 0.1) is 18.2 Å². The number of anilines is 1. The lowest BCUT2D eigenvalue weighted by atomic mass is 9.70. The van der Waals surface area contributed by atoms with Crippen molar-refractivity contribution in [3.05, 3.63) is 47.0 Å². The van der Waals surface area contributed by atoms with E-state index in [-0.39, 0.29) is 42.6 Å². The minimum Gasteiger partial charge on any atom is -0.375 e. The molecule has 10 heteroatoms. The Kier molecular flexibility index (Phi) is 8.69. The summed E-state index contributed by atoms with van der Waals surface area (Å²) in [4.78, 5) is 29.8. The highest BCUT2D eigenvalue weighted by atomic mass is 35.5. The number of hydrogen-bond acceptors (Lipinski definition) is 6. The Hall–Kier alpha value is -1.87. The van der Waals surface area contributed by atoms with Crippen LogP contribution in [0, 0.1) is 0 Å². The van der Waals surface area contributed by atoms with Crippen molar-refractivity contribution in [2.75, 3.05) is 18.8 Å². The van der Waals surface area contributed by atoms with E-state index in [1.54, 1.807) is 4.90 Å². The number of nitrogens with two attached hydrogens (primary N) is 3.